The van der Waals surface area contributed by atoms with Crippen molar-refractivity contribution in [3.63, 3.8) is 0 Å². The lowest BCUT2D eigenvalue weighted by Crippen LogP contribution is -2.24. The van der Waals surface area contributed by atoms with E-state index in [0.717, 1.165) is 12.3 Å². The van der Waals surface area contributed by atoms with Crippen LogP contribution in [0.25, 0.3) is 5.65 Å². The maximum Gasteiger partial charge on any atom is 0.417 e. The van der Waals surface area contributed by atoms with E-state index >= 15 is 0 Å². The number of alkyl halides is 3. The second-order valence-electron chi connectivity index (χ2n) is 4.68. The number of hydrogen-bond donors (Lipinski definition) is 1. The van der Waals surface area contributed by atoms with Gasteiger partial charge in [-0.3, -0.25) is 14.2 Å². The molecular formula is C14H10F3N5O. The number of amides is 1. The summed E-state index contributed by atoms with van der Waals surface area (Å²) in [5.41, 5.74) is -0.150. The molecule has 0 aliphatic heterocycles. The van der Waals surface area contributed by atoms with Gasteiger partial charge in [0.05, 0.1) is 12.1 Å². The number of fused-ring (bicyclic) bond motifs is 1. The Morgan fingerprint density at radius 3 is 2.57 bits per heavy atom. The fourth-order valence-electron chi connectivity index (χ4n) is 1.99. The molecule has 0 saturated heterocycles. The minimum absolute atomic E-state index is 0.0520. The summed E-state index contributed by atoms with van der Waals surface area (Å²) in [5.74, 6) is -0.176. The number of halogens is 3. The molecule has 9 heteroatoms. The third-order valence-corrected chi connectivity index (χ3v) is 3.15. The van der Waals surface area contributed by atoms with E-state index in [1.165, 1.54) is 35.0 Å². The van der Waals surface area contributed by atoms with Crippen LogP contribution in [-0.2, 0) is 12.7 Å². The Hall–Kier alpha value is -2.97. The largest absolute Gasteiger partial charge is 0.417 e. The van der Waals surface area contributed by atoms with Crippen LogP contribution < -0.4 is 5.32 Å². The molecule has 0 aromatic carbocycles. The highest BCUT2D eigenvalue weighted by atomic mass is 19.4. The predicted octanol–water partition coefficient (Wildman–Crippen LogP) is 2.07. The number of nitrogens with one attached hydrogen (secondary N) is 1. The summed E-state index contributed by atoms with van der Waals surface area (Å²) in [6.45, 7) is -0.0520. The van der Waals surface area contributed by atoms with Crippen LogP contribution in [0.15, 0.2) is 42.9 Å². The Balaban J connectivity index is 1.82. The summed E-state index contributed by atoms with van der Waals surface area (Å²) in [4.78, 5) is 15.7. The minimum atomic E-state index is -4.46. The normalized spacial score (nSPS) is 11.6. The van der Waals surface area contributed by atoms with Crippen molar-refractivity contribution in [2.75, 3.05) is 0 Å². The van der Waals surface area contributed by atoms with Crippen LogP contribution in [-0.4, -0.2) is 25.5 Å². The van der Waals surface area contributed by atoms with Crippen molar-refractivity contribution < 1.29 is 18.0 Å². The Kier molecular flexibility index (Phi) is 3.68. The van der Waals surface area contributed by atoms with Gasteiger partial charge in [0.2, 0.25) is 0 Å². The molecule has 3 aromatic heterocycles. The molecule has 0 aliphatic rings. The molecule has 0 saturated carbocycles. The third kappa shape index (κ3) is 3.12. The van der Waals surface area contributed by atoms with Gasteiger partial charge in [-0.25, -0.2) is 0 Å². The second kappa shape index (κ2) is 5.67. The lowest BCUT2D eigenvalue weighted by Gasteiger charge is -2.08. The highest BCUT2D eigenvalue weighted by Crippen LogP contribution is 2.29. The average Bonchev–Trinajstić information content (AvgIpc) is 2.95. The van der Waals surface area contributed by atoms with Gasteiger partial charge >= 0.3 is 6.18 Å². The van der Waals surface area contributed by atoms with Gasteiger partial charge < -0.3 is 5.32 Å². The Bertz CT molecular complexity index is 844. The van der Waals surface area contributed by atoms with Gasteiger partial charge in [-0.05, 0) is 24.3 Å². The minimum Gasteiger partial charge on any atom is -0.345 e. The van der Waals surface area contributed by atoms with Crippen LogP contribution in [0.3, 0.4) is 0 Å². The zero-order valence-electron chi connectivity index (χ0n) is 11.6. The molecule has 23 heavy (non-hydrogen) atoms. The molecule has 0 bridgehead atoms. The number of pyridine rings is 2. The molecule has 1 amide bonds. The summed E-state index contributed by atoms with van der Waals surface area (Å²) in [6.07, 6.45) is -0.618. The quantitative estimate of drug-likeness (QED) is 0.801. The van der Waals surface area contributed by atoms with Crippen LogP contribution in [0.1, 0.15) is 21.7 Å². The van der Waals surface area contributed by atoms with E-state index in [1.807, 2.05) is 0 Å². The summed E-state index contributed by atoms with van der Waals surface area (Å²) >= 11 is 0. The van der Waals surface area contributed by atoms with Crippen molar-refractivity contribution in [2.24, 2.45) is 0 Å². The van der Waals surface area contributed by atoms with Gasteiger partial charge in [-0.1, -0.05) is 0 Å². The van der Waals surface area contributed by atoms with Crippen LogP contribution >= 0.6 is 0 Å². The lowest BCUT2D eigenvalue weighted by atomic mass is 10.2. The van der Waals surface area contributed by atoms with Crippen LogP contribution in [0, 0.1) is 0 Å². The first kappa shape index (κ1) is 14.9. The van der Waals surface area contributed by atoms with Crippen LogP contribution in [0.4, 0.5) is 13.2 Å². The summed E-state index contributed by atoms with van der Waals surface area (Å²) < 4.78 is 39.5. The number of aromatic nitrogens is 4. The maximum atomic E-state index is 12.8. The molecule has 3 heterocycles. The van der Waals surface area contributed by atoms with Gasteiger partial charge in [0.1, 0.15) is 0 Å². The van der Waals surface area contributed by atoms with Crippen molar-refractivity contribution in [2.45, 2.75) is 12.7 Å². The van der Waals surface area contributed by atoms with Crippen LogP contribution in [0.2, 0.25) is 0 Å². The molecule has 0 radical (unpaired) electrons. The van der Waals surface area contributed by atoms with Gasteiger partial charge in [-0.2, -0.15) is 13.2 Å². The molecule has 0 fully saturated rings. The molecule has 3 rings (SSSR count). The van der Waals surface area contributed by atoms with E-state index in [0.29, 0.717) is 5.56 Å². The van der Waals surface area contributed by atoms with Gasteiger partial charge in [0, 0.05) is 24.2 Å². The Morgan fingerprint density at radius 2 is 1.87 bits per heavy atom. The van der Waals surface area contributed by atoms with Crippen molar-refractivity contribution in [1.29, 1.82) is 0 Å². The van der Waals surface area contributed by atoms with E-state index in [1.54, 1.807) is 0 Å². The van der Waals surface area contributed by atoms with Crippen LogP contribution in [0.5, 0.6) is 0 Å². The first-order valence-electron chi connectivity index (χ1n) is 6.54. The molecule has 0 atom stereocenters. The number of nitrogens with zero attached hydrogens (tertiary/aromatic N) is 4. The molecule has 1 N–H and O–H groups in total. The highest BCUT2D eigenvalue weighted by molar-refractivity contribution is 5.93. The number of carbonyl (C=O) groups excluding carboxylic acids is 1. The topological polar surface area (TPSA) is 72.2 Å². The zero-order chi connectivity index (χ0) is 16.4. The molecular weight excluding hydrogens is 311 g/mol. The average molecular weight is 321 g/mol. The molecule has 0 unspecified atom stereocenters. The van der Waals surface area contributed by atoms with Crippen molar-refractivity contribution in [3.8, 4) is 0 Å². The Morgan fingerprint density at radius 1 is 1.13 bits per heavy atom. The monoisotopic (exact) mass is 321 g/mol. The van der Waals surface area contributed by atoms with E-state index in [9.17, 15) is 18.0 Å². The molecule has 0 spiro atoms. The summed E-state index contributed by atoms with van der Waals surface area (Å²) in [7, 11) is 0. The van der Waals surface area contributed by atoms with E-state index in [4.69, 9.17) is 0 Å². The maximum absolute atomic E-state index is 12.8. The number of rotatable bonds is 3. The highest BCUT2D eigenvalue weighted by Gasteiger charge is 2.31. The first-order chi connectivity index (χ1) is 10.9. The molecule has 6 nitrogen and oxygen atoms in total. The van der Waals surface area contributed by atoms with Crippen molar-refractivity contribution in [1.82, 2.24) is 24.9 Å². The van der Waals surface area contributed by atoms with Crippen molar-refractivity contribution in [3.05, 3.63) is 59.8 Å². The number of hydrogen-bond acceptors (Lipinski definition) is 4. The molecule has 118 valence electrons. The third-order valence-electron chi connectivity index (χ3n) is 3.15. The standard InChI is InChI=1S/C14H10F3N5O/c15-14(16,17)10-1-2-11-20-21-12(22(11)8-10)7-19-13(23)9-3-5-18-6-4-9/h1-6,8H,7H2,(H,19,23). The first-order valence-corrected chi connectivity index (χ1v) is 6.54. The van der Waals surface area contributed by atoms with Gasteiger partial charge in [0.15, 0.2) is 11.5 Å². The van der Waals surface area contributed by atoms with E-state index < -0.39 is 11.7 Å². The zero-order valence-corrected chi connectivity index (χ0v) is 11.6. The number of carbonyl (C=O) groups is 1. The Labute approximate surface area is 128 Å². The fourth-order valence-corrected chi connectivity index (χ4v) is 1.99. The SMILES string of the molecule is O=C(NCc1nnc2ccc(C(F)(F)F)cn12)c1ccncc1. The smallest absolute Gasteiger partial charge is 0.345 e. The van der Waals surface area contributed by atoms with Gasteiger partial charge in [0.25, 0.3) is 5.91 Å². The second-order valence-corrected chi connectivity index (χ2v) is 4.68. The summed E-state index contributed by atoms with van der Waals surface area (Å²) in [6, 6.07) is 5.21. The van der Waals surface area contributed by atoms with E-state index in [-0.39, 0.29) is 23.9 Å². The molecule has 3 aromatic rings. The van der Waals surface area contributed by atoms with Crippen molar-refractivity contribution >= 4 is 11.6 Å². The summed E-state index contributed by atoms with van der Waals surface area (Å²) in [5, 5.41) is 10.2. The lowest BCUT2D eigenvalue weighted by molar-refractivity contribution is -0.137. The fraction of sp³-hybridized carbons (Fsp3) is 0.143. The predicted molar refractivity (Wildman–Crippen MR) is 73.4 cm³/mol. The van der Waals surface area contributed by atoms with E-state index in [2.05, 4.69) is 20.5 Å². The van der Waals surface area contributed by atoms with Gasteiger partial charge in [-0.15, -0.1) is 10.2 Å². The molecule has 0 aliphatic carbocycles.